The molecule has 0 aromatic heterocycles. The molecule has 136 valence electrons. The monoisotopic (exact) mass is 486 g/mol. The Kier molecular flexibility index (Phi) is 9.99. The quantitative estimate of drug-likeness (QED) is 0.381. The Balaban J connectivity index is 0.00000529. The van der Waals surface area contributed by atoms with Crippen LogP contribution < -0.4 is 10.6 Å². The first-order chi connectivity index (χ1) is 10.7. The zero-order valence-electron chi connectivity index (χ0n) is 14.6. The number of benzene rings is 1. The number of hydrogen-bond donors (Lipinski definition) is 2. The zero-order chi connectivity index (χ0) is 17.6. The van der Waals surface area contributed by atoms with Crippen LogP contribution in [-0.2, 0) is 11.3 Å². The predicted octanol–water partition coefficient (Wildman–Crippen LogP) is 3.39. The van der Waals surface area contributed by atoms with Crippen molar-refractivity contribution in [2.45, 2.75) is 20.4 Å². The number of nitrogens with one attached hydrogen (secondary N) is 2. The lowest BCUT2D eigenvalue weighted by Crippen LogP contribution is -2.47. The van der Waals surface area contributed by atoms with Gasteiger partial charge in [-0.05, 0) is 31.5 Å². The van der Waals surface area contributed by atoms with Crippen LogP contribution in [0.5, 0.6) is 0 Å². The van der Waals surface area contributed by atoms with Crippen molar-refractivity contribution >= 4 is 59.0 Å². The number of hydrogen-bond acceptors (Lipinski definition) is 2. The van der Waals surface area contributed by atoms with E-state index in [0.717, 1.165) is 5.56 Å². The van der Waals surface area contributed by atoms with E-state index < -0.39 is 5.41 Å². The first-order valence-corrected chi connectivity index (χ1v) is 8.04. The molecule has 5 nitrogen and oxygen atoms in total. The van der Waals surface area contributed by atoms with Gasteiger partial charge in [-0.3, -0.25) is 9.79 Å². The fraction of sp³-hybridized carbons (Fsp3) is 0.500. The first-order valence-electron chi connectivity index (χ1n) is 7.29. The fourth-order valence-electron chi connectivity index (χ4n) is 2.09. The minimum Gasteiger partial charge on any atom is -0.359 e. The average molecular weight is 487 g/mol. The van der Waals surface area contributed by atoms with Crippen LogP contribution >= 0.6 is 47.2 Å². The predicted molar refractivity (Wildman–Crippen MR) is 113 cm³/mol. The summed E-state index contributed by atoms with van der Waals surface area (Å²) in [4.78, 5) is 18.0. The number of carbonyl (C=O) groups excluding carboxylic acids is 1. The smallest absolute Gasteiger partial charge is 0.227 e. The molecule has 0 atom stereocenters. The van der Waals surface area contributed by atoms with Gasteiger partial charge >= 0.3 is 0 Å². The Morgan fingerprint density at radius 2 is 1.92 bits per heavy atom. The largest absolute Gasteiger partial charge is 0.359 e. The van der Waals surface area contributed by atoms with Gasteiger partial charge in [0.2, 0.25) is 5.91 Å². The molecule has 0 aliphatic rings. The van der Waals surface area contributed by atoms with Gasteiger partial charge < -0.3 is 15.5 Å². The third-order valence-corrected chi connectivity index (χ3v) is 4.25. The maximum absolute atomic E-state index is 11.8. The summed E-state index contributed by atoms with van der Waals surface area (Å²) in [7, 11) is 5.26. The number of amides is 1. The van der Waals surface area contributed by atoms with Crippen molar-refractivity contribution in [2.75, 3.05) is 27.7 Å². The lowest BCUT2D eigenvalue weighted by Gasteiger charge is -2.27. The van der Waals surface area contributed by atoms with Crippen LogP contribution in [0.2, 0.25) is 10.0 Å². The molecule has 0 fully saturated rings. The average Bonchev–Trinajstić information content (AvgIpc) is 2.50. The summed E-state index contributed by atoms with van der Waals surface area (Å²) in [5.41, 5.74) is 0.491. The minimum absolute atomic E-state index is 0. The van der Waals surface area contributed by atoms with E-state index in [-0.39, 0.29) is 29.9 Å². The lowest BCUT2D eigenvalue weighted by atomic mass is 9.92. The fourth-order valence-corrected chi connectivity index (χ4v) is 2.41. The van der Waals surface area contributed by atoms with Gasteiger partial charge in [-0.1, -0.05) is 29.3 Å². The van der Waals surface area contributed by atoms with E-state index in [1.54, 1.807) is 20.2 Å². The van der Waals surface area contributed by atoms with Crippen molar-refractivity contribution in [1.82, 2.24) is 15.5 Å². The molecule has 0 radical (unpaired) electrons. The second-order valence-electron chi connectivity index (χ2n) is 5.97. The highest BCUT2D eigenvalue weighted by molar-refractivity contribution is 14.0. The van der Waals surface area contributed by atoms with Gasteiger partial charge in [0.25, 0.3) is 0 Å². The molecule has 0 saturated heterocycles. The second-order valence-corrected chi connectivity index (χ2v) is 6.78. The molecule has 1 rings (SSSR count). The van der Waals surface area contributed by atoms with Crippen LogP contribution in [0.1, 0.15) is 19.4 Å². The summed E-state index contributed by atoms with van der Waals surface area (Å²) in [5.74, 6) is 0.681. The Hall–Kier alpha value is -0.730. The van der Waals surface area contributed by atoms with Crippen LogP contribution in [0.3, 0.4) is 0 Å². The molecular formula is C16H25Cl2IN4O. The summed E-state index contributed by atoms with van der Waals surface area (Å²) in [6.07, 6.45) is 0. The van der Waals surface area contributed by atoms with E-state index in [9.17, 15) is 4.79 Å². The van der Waals surface area contributed by atoms with Gasteiger partial charge in [0.1, 0.15) is 0 Å². The highest BCUT2D eigenvalue weighted by atomic mass is 127. The Labute approximate surface area is 171 Å². The van der Waals surface area contributed by atoms with E-state index in [4.69, 9.17) is 23.2 Å². The normalized spacial score (nSPS) is 11.5. The number of nitrogens with zero attached hydrogens (tertiary/aromatic N) is 2. The summed E-state index contributed by atoms with van der Waals surface area (Å²) >= 11 is 12.0. The molecule has 8 heteroatoms. The number of halogens is 3. The summed E-state index contributed by atoms with van der Waals surface area (Å²) in [5, 5.41) is 6.96. The number of rotatable bonds is 5. The Bertz CT molecular complexity index is 593. The highest BCUT2D eigenvalue weighted by Crippen LogP contribution is 2.23. The molecule has 0 spiro atoms. The Morgan fingerprint density at radius 3 is 2.42 bits per heavy atom. The molecule has 0 saturated carbocycles. The molecule has 0 aliphatic heterocycles. The number of aliphatic imine (C=N–C) groups is 1. The molecule has 0 bridgehead atoms. The van der Waals surface area contributed by atoms with Crippen molar-refractivity contribution in [3.63, 3.8) is 0 Å². The maximum Gasteiger partial charge on any atom is 0.227 e. The SMILES string of the molecule is CN=C(NCC(C)(C)C(=O)NC)N(C)Cc1ccc(Cl)c(Cl)c1.I. The van der Waals surface area contributed by atoms with Crippen molar-refractivity contribution in [3.05, 3.63) is 33.8 Å². The molecule has 0 aliphatic carbocycles. The highest BCUT2D eigenvalue weighted by Gasteiger charge is 2.27. The molecule has 0 heterocycles. The third-order valence-electron chi connectivity index (χ3n) is 3.51. The van der Waals surface area contributed by atoms with Gasteiger partial charge in [0, 0.05) is 34.2 Å². The van der Waals surface area contributed by atoms with Crippen molar-refractivity contribution in [1.29, 1.82) is 0 Å². The maximum atomic E-state index is 11.8. The lowest BCUT2D eigenvalue weighted by molar-refractivity contribution is -0.128. The van der Waals surface area contributed by atoms with Gasteiger partial charge in [-0.2, -0.15) is 0 Å². The van der Waals surface area contributed by atoms with Crippen LogP contribution in [0, 0.1) is 5.41 Å². The zero-order valence-corrected chi connectivity index (χ0v) is 18.5. The van der Waals surface area contributed by atoms with E-state index in [1.807, 2.05) is 37.9 Å². The molecule has 2 N–H and O–H groups in total. The van der Waals surface area contributed by atoms with Gasteiger partial charge in [0.05, 0.1) is 15.5 Å². The first kappa shape index (κ1) is 23.3. The molecule has 1 aromatic rings. The topological polar surface area (TPSA) is 56.7 Å². The van der Waals surface area contributed by atoms with Crippen LogP contribution in [-0.4, -0.2) is 44.5 Å². The van der Waals surface area contributed by atoms with Crippen LogP contribution in [0.15, 0.2) is 23.2 Å². The second kappa shape index (κ2) is 10.3. The molecule has 0 unspecified atom stereocenters. The molecule has 24 heavy (non-hydrogen) atoms. The van der Waals surface area contributed by atoms with Crippen LogP contribution in [0.4, 0.5) is 0 Å². The van der Waals surface area contributed by atoms with Crippen molar-refractivity contribution in [3.8, 4) is 0 Å². The van der Waals surface area contributed by atoms with Gasteiger partial charge in [-0.15, -0.1) is 24.0 Å². The van der Waals surface area contributed by atoms with E-state index >= 15 is 0 Å². The van der Waals surface area contributed by atoms with Crippen molar-refractivity contribution < 1.29 is 4.79 Å². The van der Waals surface area contributed by atoms with Gasteiger partial charge in [-0.25, -0.2) is 0 Å². The number of guanidine groups is 1. The van der Waals surface area contributed by atoms with E-state index in [0.29, 0.717) is 29.1 Å². The Morgan fingerprint density at radius 1 is 1.29 bits per heavy atom. The van der Waals surface area contributed by atoms with Crippen molar-refractivity contribution in [2.24, 2.45) is 10.4 Å². The molecule has 1 aromatic carbocycles. The summed E-state index contributed by atoms with van der Waals surface area (Å²) in [6, 6.07) is 5.53. The molecular weight excluding hydrogens is 462 g/mol. The van der Waals surface area contributed by atoms with E-state index in [2.05, 4.69) is 15.6 Å². The standard InChI is InChI=1S/C16H24Cl2N4O.HI/c1-16(2,14(23)19-3)10-21-15(20-4)22(5)9-11-6-7-12(17)13(18)8-11;/h6-8H,9-10H2,1-5H3,(H,19,23)(H,20,21);1H. The van der Waals surface area contributed by atoms with Crippen LogP contribution in [0.25, 0.3) is 0 Å². The summed E-state index contributed by atoms with van der Waals surface area (Å²) < 4.78 is 0. The minimum atomic E-state index is -0.533. The molecule has 1 amide bonds. The third kappa shape index (κ3) is 6.64. The van der Waals surface area contributed by atoms with E-state index in [1.165, 1.54) is 0 Å². The van der Waals surface area contributed by atoms with Gasteiger partial charge in [0.15, 0.2) is 5.96 Å². The summed E-state index contributed by atoms with van der Waals surface area (Å²) in [6.45, 7) is 4.86. The number of carbonyl (C=O) groups is 1.